The van der Waals surface area contributed by atoms with Gasteiger partial charge in [-0.05, 0) is 0 Å². The summed E-state index contributed by atoms with van der Waals surface area (Å²) in [6.07, 6.45) is 0. The fraction of sp³-hybridized carbons (Fsp3) is 0.200. The van der Waals surface area contributed by atoms with Crippen molar-refractivity contribution in [2.75, 3.05) is 0 Å². The molecule has 0 N–H and O–H groups in total. The van der Waals surface area contributed by atoms with Gasteiger partial charge in [0.2, 0.25) is 0 Å². The molecule has 0 amide bonds. The molecule has 2 aromatic heterocycles. The van der Waals surface area contributed by atoms with E-state index in [0.717, 1.165) is 4.57 Å². The van der Waals surface area contributed by atoms with Gasteiger partial charge in [-0.15, -0.1) is 0 Å². The second-order valence-corrected chi connectivity index (χ2v) is 5.07. The zero-order valence-corrected chi connectivity index (χ0v) is 12.4. The van der Waals surface area contributed by atoms with E-state index in [-0.39, 0.29) is 22.4 Å². The first-order valence-electron chi connectivity index (χ1n) is 6.65. The van der Waals surface area contributed by atoms with Gasteiger partial charge in [0.25, 0.3) is 11.1 Å². The average molecular weight is 298 g/mol. The van der Waals surface area contributed by atoms with Crippen molar-refractivity contribution >= 4 is 11.2 Å². The van der Waals surface area contributed by atoms with Crippen molar-refractivity contribution in [1.82, 2.24) is 18.7 Å². The predicted octanol–water partition coefficient (Wildman–Crippen LogP) is -0.00210. The van der Waals surface area contributed by atoms with E-state index in [1.54, 1.807) is 24.3 Å². The predicted molar refractivity (Wildman–Crippen MR) is 82.9 cm³/mol. The molecule has 3 aromatic rings. The lowest BCUT2D eigenvalue weighted by molar-refractivity contribution is 0.684. The Labute approximate surface area is 124 Å². The molecular weight excluding hydrogens is 284 g/mol. The third-order valence-corrected chi connectivity index (χ3v) is 3.71. The van der Waals surface area contributed by atoms with Gasteiger partial charge in [-0.2, -0.15) is 0 Å². The van der Waals surface area contributed by atoms with Crippen LogP contribution in [0.25, 0.3) is 22.4 Å². The van der Waals surface area contributed by atoms with E-state index in [1.807, 2.05) is 6.07 Å². The van der Waals surface area contributed by atoms with Gasteiger partial charge < -0.3 is 0 Å². The highest BCUT2D eigenvalue weighted by molar-refractivity contribution is 5.73. The van der Waals surface area contributed by atoms with E-state index in [2.05, 4.69) is 4.98 Å². The molecule has 0 saturated heterocycles. The average Bonchev–Trinajstić information content (AvgIpc) is 2.54. The lowest BCUT2D eigenvalue weighted by atomic mass is 10.1. The number of rotatable bonds is 1. The second kappa shape index (κ2) is 4.80. The third-order valence-electron chi connectivity index (χ3n) is 3.71. The highest BCUT2D eigenvalue weighted by Gasteiger charge is 2.17. The Hall–Kier alpha value is -2.96. The minimum Gasteiger partial charge on any atom is -0.294 e. The van der Waals surface area contributed by atoms with Crippen molar-refractivity contribution in [3.05, 3.63) is 61.5 Å². The van der Waals surface area contributed by atoms with Crippen LogP contribution in [0.2, 0.25) is 0 Å². The summed E-state index contributed by atoms with van der Waals surface area (Å²) in [5.41, 5.74) is -0.273. The largest absolute Gasteiger partial charge is 0.332 e. The monoisotopic (exact) mass is 298 g/mol. The molecule has 7 nitrogen and oxygen atoms in total. The zero-order valence-electron chi connectivity index (χ0n) is 12.4. The van der Waals surface area contributed by atoms with Crippen LogP contribution in [0.15, 0.2) is 44.7 Å². The smallest absolute Gasteiger partial charge is 0.294 e. The number of nitrogens with zero attached hydrogens (tertiary/aromatic N) is 4. The van der Waals surface area contributed by atoms with Crippen molar-refractivity contribution in [1.29, 1.82) is 0 Å². The van der Waals surface area contributed by atoms with Gasteiger partial charge in [0.05, 0.1) is 0 Å². The lowest BCUT2D eigenvalue weighted by Gasteiger charge is -2.12. The molecule has 0 aliphatic heterocycles. The Morgan fingerprint density at radius 2 is 1.45 bits per heavy atom. The van der Waals surface area contributed by atoms with Gasteiger partial charge in [-0.25, -0.2) is 9.78 Å². The maximum atomic E-state index is 12.5. The minimum absolute atomic E-state index is 0.0885. The van der Waals surface area contributed by atoms with Crippen molar-refractivity contribution in [3.63, 3.8) is 0 Å². The minimum atomic E-state index is -0.522. The highest BCUT2D eigenvalue weighted by Crippen LogP contribution is 2.14. The van der Waals surface area contributed by atoms with Gasteiger partial charge in [0.1, 0.15) is 5.69 Å². The first-order chi connectivity index (χ1) is 10.4. The Balaban J connectivity index is 2.57. The summed E-state index contributed by atoms with van der Waals surface area (Å²) in [5.74, 6) is 0. The summed E-state index contributed by atoms with van der Waals surface area (Å²) >= 11 is 0. The van der Waals surface area contributed by atoms with Crippen molar-refractivity contribution in [2.45, 2.75) is 0 Å². The molecule has 3 rings (SSSR count). The number of benzene rings is 1. The molecule has 7 heteroatoms. The molecule has 0 fully saturated rings. The maximum Gasteiger partial charge on any atom is 0.332 e. The van der Waals surface area contributed by atoms with Crippen LogP contribution in [0.5, 0.6) is 0 Å². The molecule has 0 aliphatic rings. The summed E-state index contributed by atoms with van der Waals surface area (Å²) in [4.78, 5) is 41.1. The van der Waals surface area contributed by atoms with Crippen molar-refractivity contribution in [2.24, 2.45) is 21.1 Å². The molecule has 0 bridgehead atoms. The maximum absolute atomic E-state index is 12.5. The fourth-order valence-electron chi connectivity index (χ4n) is 2.50. The summed E-state index contributed by atoms with van der Waals surface area (Å²) in [7, 11) is 4.42. The summed E-state index contributed by atoms with van der Waals surface area (Å²) in [5, 5.41) is 0. The fourth-order valence-corrected chi connectivity index (χ4v) is 2.50. The zero-order chi connectivity index (χ0) is 16.0. The van der Waals surface area contributed by atoms with Crippen LogP contribution in [-0.2, 0) is 21.1 Å². The van der Waals surface area contributed by atoms with E-state index in [4.69, 9.17) is 0 Å². The van der Waals surface area contributed by atoms with Gasteiger partial charge in [0, 0.05) is 26.7 Å². The van der Waals surface area contributed by atoms with Gasteiger partial charge in [0.15, 0.2) is 11.2 Å². The molecule has 112 valence electrons. The Morgan fingerprint density at radius 1 is 0.818 bits per heavy atom. The van der Waals surface area contributed by atoms with Crippen LogP contribution in [0.4, 0.5) is 0 Å². The van der Waals surface area contributed by atoms with Gasteiger partial charge in [-0.1, -0.05) is 30.3 Å². The third kappa shape index (κ3) is 1.82. The summed E-state index contributed by atoms with van der Waals surface area (Å²) < 4.78 is 3.52. The van der Waals surface area contributed by atoms with Crippen LogP contribution in [-0.4, -0.2) is 18.7 Å². The normalized spacial score (nSPS) is 11.0. The molecule has 2 heterocycles. The standard InChI is InChI=1S/C15H14N4O3/c1-17-12-11(14(21)19(3)15(22)18(12)2)16-10(13(17)20)9-7-5-4-6-8-9/h4-8H,1-3H3. The van der Waals surface area contributed by atoms with Crippen LogP contribution in [0.3, 0.4) is 0 Å². The van der Waals surface area contributed by atoms with Gasteiger partial charge >= 0.3 is 5.69 Å². The van der Waals surface area contributed by atoms with Crippen molar-refractivity contribution in [3.8, 4) is 11.3 Å². The van der Waals surface area contributed by atoms with E-state index in [0.29, 0.717) is 5.56 Å². The Kier molecular flexibility index (Phi) is 3.05. The summed E-state index contributed by atoms with van der Waals surface area (Å²) in [6, 6.07) is 8.92. The molecule has 0 spiro atoms. The molecule has 0 saturated carbocycles. The van der Waals surface area contributed by atoms with Gasteiger partial charge in [-0.3, -0.25) is 23.3 Å². The second-order valence-electron chi connectivity index (χ2n) is 5.07. The highest BCUT2D eigenvalue weighted by atomic mass is 16.2. The molecular formula is C15H14N4O3. The van der Waals surface area contributed by atoms with Crippen LogP contribution in [0, 0.1) is 0 Å². The van der Waals surface area contributed by atoms with E-state index in [1.165, 1.54) is 30.3 Å². The Morgan fingerprint density at radius 3 is 2.09 bits per heavy atom. The molecule has 0 aliphatic carbocycles. The number of hydrogen-bond acceptors (Lipinski definition) is 4. The number of aryl methyl sites for hydroxylation is 2. The number of aromatic nitrogens is 4. The lowest BCUT2D eigenvalue weighted by Crippen LogP contribution is -2.40. The SMILES string of the molecule is Cn1c(=O)c2nc(-c3ccccc3)c(=O)n(C)c2n(C)c1=O. The first-order valence-corrected chi connectivity index (χ1v) is 6.65. The first kappa shape index (κ1) is 14.0. The van der Waals surface area contributed by atoms with E-state index >= 15 is 0 Å². The molecule has 0 radical (unpaired) electrons. The van der Waals surface area contributed by atoms with Crippen LogP contribution >= 0.6 is 0 Å². The van der Waals surface area contributed by atoms with E-state index < -0.39 is 11.2 Å². The van der Waals surface area contributed by atoms with Crippen molar-refractivity contribution < 1.29 is 0 Å². The van der Waals surface area contributed by atoms with Crippen LogP contribution < -0.4 is 16.8 Å². The quantitative estimate of drug-likeness (QED) is 0.633. The molecule has 22 heavy (non-hydrogen) atoms. The molecule has 0 unspecified atom stereocenters. The number of fused-ring (bicyclic) bond motifs is 1. The van der Waals surface area contributed by atoms with E-state index in [9.17, 15) is 14.4 Å². The Bertz CT molecular complexity index is 1060. The topological polar surface area (TPSA) is 78.9 Å². The number of hydrogen-bond donors (Lipinski definition) is 0. The molecule has 0 atom stereocenters. The molecule has 1 aromatic carbocycles. The van der Waals surface area contributed by atoms with Crippen LogP contribution in [0.1, 0.15) is 0 Å². The summed E-state index contributed by atoms with van der Waals surface area (Å²) in [6.45, 7) is 0.